The third-order valence-corrected chi connectivity index (χ3v) is 3.29. The second-order valence-corrected chi connectivity index (χ2v) is 4.47. The number of allylic oxidation sites excluding steroid dienone is 1. The van der Waals surface area contributed by atoms with Crippen molar-refractivity contribution in [2.24, 2.45) is 0 Å². The Morgan fingerprint density at radius 1 is 1.38 bits per heavy atom. The predicted molar refractivity (Wildman–Crippen MR) is 65.8 cm³/mol. The van der Waals surface area contributed by atoms with Crippen LogP contribution in [0.2, 0.25) is 0 Å². The summed E-state index contributed by atoms with van der Waals surface area (Å²) >= 11 is 0. The highest BCUT2D eigenvalue weighted by atomic mass is 19.1. The van der Waals surface area contributed by atoms with E-state index >= 15 is 0 Å². The molecule has 0 saturated carbocycles. The van der Waals surface area contributed by atoms with Crippen LogP contribution in [0.15, 0.2) is 24.3 Å². The van der Waals surface area contributed by atoms with Gasteiger partial charge in [-0.1, -0.05) is 18.2 Å². The predicted octanol–water partition coefficient (Wildman–Crippen LogP) is 3.29. The number of aryl methyl sites for hydroxylation is 1. The van der Waals surface area contributed by atoms with Crippen molar-refractivity contribution in [3.8, 4) is 0 Å². The maximum atomic E-state index is 13.8. The van der Waals surface area contributed by atoms with E-state index in [-0.39, 0.29) is 5.82 Å². The van der Waals surface area contributed by atoms with E-state index in [0.717, 1.165) is 36.0 Å². The monoisotopic (exact) mass is 219 g/mol. The van der Waals surface area contributed by atoms with Gasteiger partial charge in [0.1, 0.15) is 5.82 Å². The van der Waals surface area contributed by atoms with Gasteiger partial charge in [-0.05, 0) is 50.4 Å². The third kappa shape index (κ3) is 2.33. The van der Waals surface area contributed by atoms with E-state index in [1.54, 1.807) is 6.07 Å². The Morgan fingerprint density at radius 2 is 2.19 bits per heavy atom. The first-order valence-electron chi connectivity index (χ1n) is 5.83. The van der Waals surface area contributed by atoms with Gasteiger partial charge in [-0.15, -0.1) is 0 Å². The summed E-state index contributed by atoms with van der Waals surface area (Å²) in [5, 5.41) is 3.26. The van der Waals surface area contributed by atoms with Gasteiger partial charge in [-0.2, -0.15) is 0 Å². The van der Waals surface area contributed by atoms with Gasteiger partial charge in [0.05, 0.1) is 0 Å². The Labute approximate surface area is 96.4 Å². The highest BCUT2D eigenvalue weighted by Gasteiger charge is 2.15. The summed E-state index contributed by atoms with van der Waals surface area (Å²) in [4.78, 5) is 0. The van der Waals surface area contributed by atoms with Crippen molar-refractivity contribution in [1.29, 1.82) is 0 Å². The molecule has 1 aliphatic rings. The van der Waals surface area contributed by atoms with Crippen molar-refractivity contribution in [3.63, 3.8) is 0 Å². The van der Waals surface area contributed by atoms with E-state index in [2.05, 4.69) is 11.4 Å². The molecule has 86 valence electrons. The number of hydrogen-bond acceptors (Lipinski definition) is 1. The molecular formula is C14H18FN. The molecule has 0 heterocycles. The number of halogens is 1. The van der Waals surface area contributed by atoms with Crippen molar-refractivity contribution in [1.82, 2.24) is 5.32 Å². The maximum absolute atomic E-state index is 13.8. The summed E-state index contributed by atoms with van der Waals surface area (Å²) < 4.78 is 13.8. The highest BCUT2D eigenvalue weighted by Crippen LogP contribution is 2.28. The largest absolute Gasteiger partial charge is 0.317 e. The number of nitrogens with one attached hydrogen (secondary N) is 1. The lowest BCUT2D eigenvalue weighted by Gasteiger charge is -2.21. The molecule has 1 nitrogen and oxygen atoms in total. The summed E-state index contributed by atoms with van der Waals surface area (Å²) in [5.41, 5.74) is 2.91. The third-order valence-electron chi connectivity index (χ3n) is 3.29. The van der Waals surface area contributed by atoms with E-state index in [9.17, 15) is 4.39 Å². The molecule has 1 atom stereocenters. The van der Waals surface area contributed by atoms with Crippen molar-refractivity contribution < 1.29 is 4.39 Å². The fourth-order valence-corrected chi connectivity index (χ4v) is 2.22. The normalized spacial score (nSPS) is 20.7. The maximum Gasteiger partial charge on any atom is 0.130 e. The minimum absolute atomic E-state index is 0.0887. The summed E-state index contributed by atoms with van der Waals surface area (Å²) in [6.45, 7) is 1.92. The molecular weight excluding hydrogens is 201 g/mol. The Balaban J connectivity index is 2.22. The number of benzene rings is 1. The van der Waals surface area contributed by atoms with Crippen LogP contribution in [0.3, 0.4) is 0 Å². The second kappa shape index (κ2) is 4.79. The summed E-state index contributed by atoms with van der Waals surface area (Å²) in [5.74, 6) is -0.0887. The quantitative estimate of drug-likeness (QED) is 0.804. The molecule has 0 spiro atoms. The van der Waals surface area contributed by atoms with Gasteiger partial charge in [0, 0.05) is 11.6 Å². The summed E-state index contributed by atoms with van der Waals surface area (Å²) in [6, 6.07) is 6.04. The first kappa shape index (κ1) is 11.3. The lowest BCUT2D eigenvalue weighted by molar-refractivity contribution is 0.521. The zero-order valence-corrected chi connectivity index (χ0v) is 9.89. The zero-order valence-electron chi connectivity index (χ0n) is 9.89. The molecule has 0 bridgehead atoms. The lowest BCUT2D eigenvalue weighted by Crippen LogP contribution is -2.26. The molecule has 2 rings (SSSR count). The Morgan fingerprint density at radius 3 is 2.75 bits per heavy atom. The zero-order chi connectivity index (χ0) is 11.5. The fourth-order valence-electron chi connectivity index (χ4n) is 2.22. The molecule has 0 aliphatic heterocycles. The summed E-state index contributed by atoms with van der Waals surface area (Å²) in [7, 11) is 1.98. The molecule has 1 unspecified atom stereocenters. The first-order valence-corrected chi connectivity index (χ1v) is 5.83. The van der Waals surface area contributed by atoms with Gasteiger partial charge in [0.25, 0.3) is 0 Å². The Bertz CT molecular complexity index is 409. The molecule has 16 heavy (non-hydrogen) atoms. The van der Waals surface area contributed by atoms with E-state index in [1.807, 2.05) is 26.1 Å². The van der Waals surface area contributed by atoms with Crippen LogP contribution in [0.4, 0.5) is 4.39 Å². The molecule has 0 aromatic heterocycles. The van der Waals surface area contributed by atoms with Gasteiger partial charge in [-0.25, -0.2) is 4.39 Å². The van der Waals surface area contributed by atoms with Crippen LogP contribution in [0, 0.1) is 12.7 Å². The van der Waals surface area contributed by atoms with Crippen LogP contribution in [0.1, 0.15) is 30.4 Å². The van der Waals surface area contributed by atoms with Crippen LogP contribution in [-0.2, 0) is 0 Å². The fraction of sp³-hybridized carbons (Fsp3) is 0.429. The minimum atomic E-state index is -0.0887. The van der Waals surface area contributed by atoms with Crippen LogP contribution in [0.25, 0.3) is 5.57 Å². The smallest absolute Gasteiger partial charge is 0.130 e. The summed E-state index contributed by atoms with van der Waals surface area (Å²) in [6.07, 6.45) is 5.22. The van der Waals surface area contributed by atoms with E-state index in [4.69, 9.17) is 0 Å². The van der Waals surface area contributed by atoms with Gasteiger partial charge < -0.3 is 5.32 Å². The average molecular weight is 219 g/mol. The molecule has 0 saturated heterocycles. The molecule has 1 N–H and O–H groups in total. The molecule has 1 aromatic carbocycles. The minimum Gasteiger partial charge on any atom is -0.317 e. The first-order chi connectivity index (χ1) is 7.70. The van der Waals surface area contributed by atoms with Gasteiger partial charge >= 0.3 is 0 Å². The highest BCUT2D eigenvalue weighted by molar-refractivity contribution is 5.67. The van der Waals surface area contributed by atoms with Gasteiger partial charge in [0.15, 0.2) is 0 Å². The van der Waals surface area contributed by atoms with Crippen LogP contribution >= 0.6 is 0 Å². The molecule has 0 fully saturated rings. The lowest BCUT2D eigenvalue weighted by atomic mass is 9.90. The molecule has 0 amide bonds. The van der Waals surface area contributed by atoms with Crippen molar-refractivity contribution in [2.45, 2.75) is 32.2 Å². The topological polar surface area (TPSA) is 12.0 Å². The standard InChI is InChI=1S/C14H18FN/c1-10-3-8-13(14(15)9-10)11-4-6-12(16-2)7-5-11/h3-4,8-9,12,16H,5-7H2,1-2H3. The van der Waals surface area contributed by atoms with E-state index < -0.39 is 0 Å². The second-order valence-electron chi connectivity index (χ2n) is 4.47. The SMILES string of the molecule is CNC1CC=C(c2ccc(C)cc2F)CC1. The molecule has 2 heteroatoms. The van der Waals surface area contributed by atoms with Crippen LogP contribution in [-0.4, -0.2) is 13.1 Å². The van der Waals surface area contributed by atoms with Crippen molar-refractivity contribution in [3.05, 3.63) is 41.2 Å². The Kier molecular flexibility index (Phi) is 3.39. The molecule has 1 aliphatic carbocycles. The van der Waals surface area contributed by atoms with Crippen molar-refractivity contribution >= 4 is 5.57 Å². The van der Waals surface area contributed by atoms with Gasteiger partial charge in [0.2, 0.25) is 0 Å². The van der Waals surface area contributed by atoms with E-state index in [1.165, 1.54) is 0 Å². The Hall–Kier alpha value is -1.15. The van der Waals surface area contributed by atoms with E-state index in [0.29, 0.717) is 6.04 Å². The molecule has 1 aromatic rings. The number of rotatable bonds is 2. The van der Waals surface area contributed by atoms with Gasteiger partial charge in [-0.3, -0.25) is 0 Å². The molecule has 0 radical (unpaired) electrons. The number of hydrogen-bond donors (Lipinski definition) is 1. The van der Waals surface area contributed by atoms with Crippen LogP contribution in [0.5, 0.6) is 0 Å². The van der Waals surface area contributed by atoms with Crippen molar-refractivity contribution in [2.75, 3.05) is 7.05 Å². The average Bonchev–Trinajstić information content (AvgIpc) is 2.29. The van der Waals surface area contributed by atoms with Crippen LogP contribution < -0.4 is 5.32 Å².